The van der Waals surface area contributed by atoms with Crippen LogP contribution in [-0.4, -0.2) is 16.8 Å². The number of aliphatic hydroxyl groups excluding tert-OH is 1. The minimum atomic E-state index is 0.000278. The Morgan fingerprint density at radius 2 is 2.50 bits per heavy atom. The molecule has 2 nitrogen and oxygen atoms in total. The van der Waals surface area contributed by atoms with E-state index in [1.807, 2.05) is 0 Å². The fourth-order valence-electron chi connectivity index (χ4n) is 0.187. The Morgan fingerprint density at radius 1 is 1.88 bits per heavy atom. The van der Waals surface area contributed by atoms with Gasteiger partial charge in [0.1, 0.15) is 0 Å². The van der Waals surface area contributed by atoms with E-state index in [0.717, 1.165) is 11.8 Å². The molecule has 1 N–H and O–H groups in total. The van der Waals surface area contributed by atoms with Gasteiger partial charge in [-0.05, 0) is 5.41 Å². The summed E-state index contributed by atoms with van der Waals surface area (Å²) in [5, 5.41) is 9.78. The van der Waals surface area contributed by atoms with E-state index in [1.165, 1.54) is 13.0 Å². The maximum atomic E-state index is 10.1. The van der Waals surface area contributed by atoms with Crippen molar-refractivity contribution in [1.29, 1.82) is 0 Å². The van der Waals surface area contributed by atoms with Crippen molar-refractivity contribution < 1.29 is 9.90 Å². The first-order valence-electron chi connectivity index (χ1n) is 2.20. The number of rotatable bonds is 2. The summed E-state index contributed by atoms with van der Waals surface area (Å²) >= 11 is 1.08. The predicted octanol–water partition coefficient (Wildman–Crippen LogP) is 0.772. The zero-order valence-corrected chi connectivity index (χ0v) is 5.44. The molecule has 0 aliphatic rings. The Morgan fingerprint density at radius 3 is 2.88 bits per heavy atom. The lowest BCUT2D eigenvalue weighted by molar-refractivity contribution is -0.109. The number of carbonyl (C=O) groups is 1. The summed E-state index contributed by atoms with van der Waals surface area (Å²) in [7, 11) is 0. The SMILES string of the molecule is CC(=O)SC=CCO. The van der Waals surface area contributed by atoms with Crippen LogP contribution in [0.15, 0.2) is 11.5 Å². The van der Waals surface area contributed by atoms with Gasteiger partial charge in [-0.3, -0.25) is 4.79 Å². The Hall–Kier alpha value is -0.280. The van der Waals surface area contributed by atoms with Crippen LogP contribution in [0.2, 0.25) is 0 Å². The molecule has 0 saturated carbocycles. The molecule has 0 radical (unpaired) electrons. The molecule has 0 amide bonds. The lowest BCUT2D eigenvalue weighted by Gasteiger charge is -1.80. The van der Waals surface area contributed by atoms with Gasteiger partial charge in [-0.15, -0.1) is 0 Å². The van der Waals surface area contributed by atoms with Gasteiger partial charge in [0.25, 0.3) is 0 Å². The molecule has 0 fully saturated rings. The lowest BCUT2D eigenvalue weighted by atomic mass is 10.7. The van der Waals surface area contributed by atoms with Crippen molar-refractivity contribution in [3.05, 3.63) is 11.5 Å². The third-order valence-electron chi connectivity index (χ3n) is 0.436. The largest absolute Gasteiger partial charge is 0.392 e. The summed E-state index contributed by atoms with van der Waals surface area (Å²) in [6.45, 7) is 1.48. The van der Waals surface area contributed by atoms with Crippen LogP contribution in [0.3, 0.4) is 0 Å². The van der Waals surface area contributed by atoms with Gasteiger partial charge in [-0.2, -0.15) is 0 Å². The van der Waals surface area contributed by atoms with E-state index >= 15 is 0 Å². The van der Waals surface area contributed by atoms with Gasteiger partial charge in [0.2, 0.25) is 0 Å². The second kappa shape index (κ2) is 4.87. The summed E-state index contributed by atoms with van der Waals surface area (Å²) in [5.74, 6) is 0. The van der Waals surface area contributed by atoms with Gasteiger partial charge in [0, 0.05) is 6.92 Å². The maximum absolute atomic E-state index is 10.1. The highest BCUT2D eigenvalue weighted by molar-refractivity contribution is 8.16. The number of carbonyl (C=O) groups excluding carboxylic acids is 1. The smallest absolute Gasteiger partial charge is 0.190 e. The summed E-state index contributed by atoms with van der Waals surface area (Å²) in [4.78, 5) is 10.1. The second-order valence-electron chi connectivity index (χ2n) is 1.16. The van der Waals surface area contributed by atoms with Crippen molar-refractivity contribution in [3.8, 4) is 0 Å². The van der Waals surface area contributed by atoms with Crippen LogP contribution in [0.1, 0.15) is 6.92 Å². The topological polar surface area (TPSA) is 37.3 Å². The fourth-order valence-corrected chi connectivity index (χ4v) is 0.561. The van der Waals surface area contributed by atoms with E-state index in [9.17, 15) is 4.79 Å². The molecule has 0 aliphatic carbocycles. The van der Waals surface area contributed by atoms with Crippen molar-refractivity contribution in [2.45, 2.75) is 6.92 Å². The van der Waals surface area contributed by atoms with E-state index in [0.29, 0.717) is 0 Å². The van der Waals surface area contributed by atoms with Gasteiger partial charge < -0.3 is 5.11 Å². The van der Waals surface area contributed by atoms with Gasteiger partial charge in [-0.25, -0.2) is 0 Å². The number of thioether (sulfide) groups is 1. The quantitative estimate of drug-likeness (QED) is 0.603. The third kappa shape index (κ3) is 5.72. The summed E-state index contributed by atoms with van der Waals surface area (Å²) in [6, 6.07) is 0. The Kier molecular flexibility index (Phi) is 4.70. The minimum Gasteiger partial charge on any atom is -0.392 e. The highest BCUT2D eigenvalue weighted by Crippen LogP contribution is 2.00. The number of aliphatic hydroxyl groups is 1. The van der Waals surface area contributed by atoms with Crippen molar-refractivity contribution in [1.82, 2.24) is 0 Å². The van der Waals surface area contributed by atoms with Crippen LogP contribution in [0, 0.1) is 0 Å². The molecular formula is C5H8O2S. The van der Waals surface area contributed by atoms with Crippen LogP contribution in [-0.2, 0) is 4.79 Å². The Labute approximate surface area is 52.6 Å². The maximum Gasteiger partial charge on any atom is 0.190 e. The Bertz CT molecular complexity index is 98.6. The molecule has 0 spiro atoms. The molecule has 0 aromatic carbocycles. The monoisotopic (exact) mass is 132 g/mol. The molecular weight excluding hydrogens is 124 g/mol. The van der Waals surface area contributed by atoms with Crippen LogP contribution in [0.5, 0.6) is 0 Å². The van der Waals surface area contributed by atoms with E-state index in [1.54, 1.807) is 5.41 Å². The normalized spacial score (nSPS) is 10.2. The molecule has 8 heavy (non-hydrogen) atoms. The van der Waals surface area contributed by atoms with Crippen molar-refractivity contribution in [2.24, 2.45) is 0 Å². The summed E-state index contributed by atoms with van der Waals surface area (Å²) < 4.78 is 0. The molecule has 0 aromatic rings. The van der Waals surface area contributed by atoms with Crippen LogP contribution in [0.4, 0.5) is 0 Å². The van der Waals surface area contributed by atoms with Gasteiger partial charge >= 0.3 is 0 Å². The average Bonchev–Trinajstić information content (AvgIpc) is 1.66. The van der Waals surface area contributed by atoms with Crippen LogP contribution in [0.25, 0.3) is 0 Å². The first-order valence-corrected chi connectivity index (χ1v) is 3.08. The standard InChI is InChI=1S/C5H8O2S/c1-5(7)8-4-2-3-6/h2,4,6H,3H2,1H3. The third-order valence-corrected chi connectivity index (χ3v) is 1.10. The van der Waals surface area contributed by atoms with E-state index in [-0.39, 0.29) is 11.7 Å². The first-order chi connectivity index (χ1) is 3.77. The summed E-state index contributed by atoms with van der Waals surface area (Å²) in [6.07, 6.45) is 1.52. The van der Waals surface area contributed by atoms with E-state index < -0.39 is 0 Å². The predicted molar refractivity (Wildman–Crippen MR) is 34.5 cm³/mol. The molecule has 0 unspecified atom stereocenters. The second-order valence-corrected chi connectivity index (χ2v) is 2.25. The minimum absolute atomic E-state index is 0.000278. The van der Waals surface area contributed by atoms with Crippen molar-refractivity contribution in [3.63, 3.8) is 0 Å². The molecule has 3 heteroatoms. The zero-order valence-electron chi connectivity index (χ0n) is 4.63. The number of hydrogen-bond donors (Lipinski definition) is 1. The van der Waals surface area contributed by atoms with Crippen molar-refractivity contribution in [2.75, 3.05) is 6.61 Å². The molecule has 0 aromatic heterocycles. The molecule has 0 atom stereocenters. The zero-order chi connectivity index (χ0) is 6.41. The van der Waals surface area contributed by atoms with Gasteiger partial charge in [0.15, 0.2) is 5.12 Å². The molecule has 0 aliphatic heterocycles. The van der Waals surface area contributed by atoms with Crippen LogP contribution >= 0.6 is 11.8 Å². The highest BCUT2D eigenvalue weighted by Gasteiger charge is 1.83. The molecule has 0 saturated heterocycles. The molecule has 0 bridgehead atoms. The Balaban J connectivity index is 3.16. The van der Waals surface area contributed by atoms with E-state index in [4.69, 9.17) is 5.11 Å². The van der Waals surface area contributed by atoms with Gasteiger partial charge in [-0.1, -0.05) is 17.8 Å². The van der Waals surface area contributed by atoms with Crippen molar-refractivity contribution >= 4 is 16.9 Å². The number of hydrogen-bond acceptors (Lipinski definition) is 3. The average molecular weight is 132 g/mol. The van der Waals surface area contributed by atoms with Gasteiger partial charge in [0.05, 0.1) is 6.61 Å². The van der Waals surface area contributed by atoms with E-state index in [2.05, 4.69) is 0 Å². The summed E-state index contributed by atoms with van der Waals surface area (Å²) in [5.41, 5.74) is 0. The first kappa shape index (κ1) is 7.72. The fraction of sp³-hybridized carbons (Fsp3) is 0.400. The highest BCUT2D eigenvalue weighted by atomic mass is 32.2. The lowest BCUT2D eigenvalue weighted by Crippen LogP contribution is -1.75. The molecule has 0 heterocycles. The molecule has 0 rings (SSSR count). The molecule has 46 valence electrons. The van der Waals surface area contributed by atoms with Crippen LogP contribution < -0.4 is 0 Å².